The van der Waals surface area contributed by atoms with Crippen molar-refractivity contribution >= 4 is 5.97 Å². The molecule has 0 aliphatic heterocycles. The lowest BCUT2D eigenvalue weighted by atomic mass is 10.3. The van der Waals surface area contributed by atoms with Crippen molar-refractivity contribution in [1.82, 2.24) is 0 Å². The topological polar surface area (TPSA) is 35.5 Å². The summed E-state index contributed by atoms with van der Waals surface area (Å²) in [6.45, 7) is 5.12. The van der Waals surface area contributed by atoms with E-state index in [2.05, 4.69) is 11.3 Å². The minimum absolute atomic E-state index is 0.0653. The molecule has 0 radical (unpaired) electrons. The van der Waals surface area contributed by atoms with Gasteiger partial charge in [-0.2, -0.15) is 0 Å². The normalized spacial score (nSPS) is 9.82. The molecular weight excluding hydrogens is 230 g/mol. The number of esters is 1. The molecule has 0 unspecified atom stereocenters. The smallest absolute Gasteiger partial charge is 0.336 e. The van der Waals surface area contributed by atoms with Crippen LogP contribution in [0.4, 0.5) is 8.78 Å². The second-order valence-corrected chi connectivity index (χ2v) is 3.19. The minimum Gasteiger partial charge on any atom is -0.486 e. The van der Waals surface area contributed by atoms with Crippen molar-refractivity contribution in [2.75, 3.05) is 13.2 Å². The highest BCUT2D eigenvalue weighted by atomic mass is 19.1. The first-order valence-electron chi connectivity index (χ1n) is 4.97. The van der Waals surface area contributed by atoms with Gasteiger partial charge in [-0.25, -0.2) is 13.6 Å². The highest BCUT2D eigenvalue weighted by Gasteiger charge is 2.10. The van der Waals surface area contributed by atoms with Crippen LogP contribution in [0.25, 0.3) is 0 Å². The Morgan fingerprint density at radius 1 is 1.41 bits per heavy atom. The highest BCUT2D eigenvalue weighted by Crippen LogP contribution is 2.18. The number of ether oxygens (including phenoxy) is 2. The molecule has 5 heteroatoms. The van der Waals surface area contributed by atoms with Gasteiger partial charge < -0.3 is 9.47 Å². The van der Waals surface area contributed by atoms with Crippen LogP contribution in [-0.4, -0.2) is 19.2 Å². The molecule has 0 atom stereocenters. The van der Waals surface area contributed by atoms with Gasteiger partial charge >= 0.3 is 5.97 Å². The fraction of sp³-hybridized carbons (Fsp3) is 0.250. The van der Waals surface area contributed by atoms with Gasteiger partial charge in [-0.05, 0) is 19.1 Å². The van der Waals surface area contributed by atoms with Crippen LogP contribution in [0.3, 0.4) is 0 Å². The summed E-state index contributed by atoms with van der Waals surface area (Å²) in [7, 11) is 0. The first-order valence-corrected chi connectivity index (χ1v) is 4.97. The van der Waals surface area contributed by atoms with Crippen molar-refractivity contribution in [2.24, 2.45) is 0 Å². The summed E-state index contributed by atoms with van der Waals surface area (Å²) in [5.74, 6) is -2.27. The Hall–Kier alpha value is -1.91. The van der Waals surface area contributed by atoms with Crippen LogP contribution in [-0.2, 0) is 9.53 Å². The lowest BCUT2D eigenvalue weighted by Crippen LogP contribution is -2.13. The van der Waals surface area contributed by atoms with Crippen molar-refractivity contribution in [2.45, 2.75) is 6.92 Å². The van der Waals surface area contributed by atoms with Crippen molar-refractivity contribution in [1.29, 1.82) is 0 Å². The van der Waals surface area contributed by atoms with E-state index in [0.29, 0.717) is 6.07 Å². The molecular formula is C12H12F2O3. The monoisotopic (exact) mass is 242 g/mol. The Morgan fingerprint density at radius 2 is 2.12 bits per heavy atom. The Kier molecular flexibility index (Phi) is 4.63. The second-order valence-electron chi connectivity index (χ2n) is 3.19. The van der Waals surface area contributed by atoms with Gasteiger partial charge in [-0.15, -0.1) is 0 Å². The predicted octanol–water partition coefficient (Wildman–Crippen LogP) is 2.46. The Labute approximate surface area is 97.7 Å². The summed E-state index contributed by atoms with van der Waals surface area (Å²) in [5.41, 5.74) is 0.0653. The Balaban J connectivity index is 2.56. The fourth-order valence-corrected chi connectivity index (χ4v) is 1.05. The predicted molar refractivity (Wildman–Crippen MR) is 57.6 cm³/mol. The van der Waals surface area contributed by atoms with E-state index in [1.165, 1.54) is 0 Å². The maximum absolute atomic E-state index is 13.1. The standard InChI is InChI=1S/C12H12F2O3/c1-3-16-12(15)8(2)7-17-11-5-4-9(13)6-10(11)14/h4-6H,2-3,7H2,1H3. The number of carbonyl (C=O) groups excluding carboxylic acids is 1. The largest absolute Gasteiger partial charge is 0.486 e. The van der Waals surface area contributed by atoms with Crippen LogP contribution in [0, 0.1) is 11.6 Å². The highest BCUT2D eigenvalue weighted by molar-refractivity contribution is 5.88. The fourth-order valence-electron chi connectivity index (χ4n) is 1.05. The molecule has 0 spiro atoms. The third kappa shape index (κ3) is 3.86. The third-order valence-electron chi connectivity index (χ3n) is 1.86. The molecule has 0 saturated carbocycles. The van der Waals surface area contributed by atoms with Crippen molar-refractivity contribution < 1.29 is 23.0 Å². The molecule has 0 aliphatic rings. The Morgan fingerprint density at radius 3 is 2.71 bits per heavy atom. The van der Waals surface area contributed by atoms with Crippen LogP contribution in [0.5, 0.6) is 5.75 Å². The third-order valence-corrected chi connectivity index (χ3v) is 1.86. The summed E-state index contributed by atoms with van der Waals surface area (Å²) in [5, 5.41) is 0. The van der Waals surface area contributed by atoms with Crippen molar-refractivity contribution in [3.8, 4) is 5.75 Å². The van der Waals surface area contributed by atoms with E-state index < -0.39 is 17.6 Å². The first kappa shape index (κ1) is 13.2. The van der Waals surface area contributed by atoms with E-state index in [1.807, 2.05) is 0 Å². The van der Waals surface area contributed by atoms with Gasteiger partial charge in [0.1, 0.15) is 12.4 Å². The van der Waals surface area contributed by atoms with Crippen LogP contribution in [0.2, 0.25) is 0 Å². The van der Waals surface area contributed by atoms with E-state index in [0.717, 1.165) is 12.1 Å². The number of rotatable bonds is 5. The lowest BCUT2D eigenvalue weighted by Gasteiger charge is -2.08. The van der Waals surface area contributed by atoms with Gasteiger partial charge in [0.05, 0.1) is 12.2 Å². The summed E-state index contributed by atoms with van der Waals surface area (Å²) >= 11 is 0. The van der Waals surface area contributed by atoms with Crippen LogP contribution >= 0.6 is 0 Å². The van der Waals surface area contributed by atoms with E-state index in [1.54, 1.807) is 6.92 Å². The van der Waals surface area contributed by atoms with Gasteiger partial charge in [-0.3, -0.25) is 0 Å². The second kappa shape index (κ2) is 5.98. The average Bonchev–Trinajstić information content (AvgIpc) is 2.27. The average molecular weight is 242 g/mol. The maximum Gasteiger partial charge on any atom is 0.336 e. The molecule has 1 rings (SSSR count). The summed E-state index contributed by atoms with van der Waals surface area (Å²) in [4.78, 5) is 11.1. The van der Waals surface area contributed by atoms with Crippen LogP contribution in [0.1, 0.15) is 6.92 Å². The Bertz CT molecular complexity index is 430. The molecule has 3 nitrogen and oxygen atoms in total. The van der Waals surface area contributed by atoms with E-state index in [-0.39, 0.29) is 24.5 Å². The number of hydrogen-bond acceptors (Lipinski definition) is 3. The van der Waals surface area contributed by atoms with Gasteiger partial charge in [0.2, 0.25) is 0 Å². The summed E-state index contributed by atoms with van der Waals surface area (Å²) in [6, 6.07) is 2.90. The first-order chi connectivity index (χ1) is 8.04. The number of benzene rings is 1. The minimum atomic E-state index is -0.832. The molecule has 0 fully saturated rings. The summed E-state index contributed by atoms with van der Waals surface area (Å²) < 4.78 is 35.4. The molecule has 92 valence electrons. The van der Waals surface area contributed by atoms with Crippen molar-refractivity contribution in [3.63, 3.8) is 0 Å². The number of carbonyl (C=O) groups is 1. The molecule has 0 heterocycles. The molecule has 0 aromatic heterocycles. The van der Waals surface area contributed by atoms with Gasteiger partial charge in [0.15, 0.2) is 11.6 Å². The zero-order chi connectivity index (χ0) is 12.8. The van der Waals surface area contributed by atoms with Crippen LogP contribution in [0.15, 0.2) is 30.4 Å². The number of halogens is 2. The van der Waals surface area contributed by atoms with Gasteiger partial charge in [-0.1, -0.05) is 6.58 Å². The van der Waals surface area contributed by atoms with Crippen LogP contribution < -0.4 is 4.74 Å². The molecule has 0 amide bonds. The van der Waals surface area contributed by atoms with E-state index in [9.17, 15) is 13.6 Å². The molecule has 17 heavy (non-hydrogen) atoms. The lowest BCUT2D eigenvalue weighted by molar-refractivity contribution is -0.138. The molecule has 1 aromatic rings. The molecule has 0 bridgehead atoms. The van der Waals surface area contributed by atoms with Crippen molar-refractivity contribution in [3.05, 3.63) is 42.0 Å². The molecule has 0 saturated heterocycles. The number of hydrogen-bond donors (Lipinski definition) is 0. The van der Waals surface area contributed by atoms with Gasteiger partial charge in [0, 0.05) is 6.07 Å². The SMILES string of the molecule is C=C(COc1ccc(F)cc1F)C(=O)OCC. The summed E-state index contributed by atoms with van der Waals surface area (Å²) in [6.07, 6.45) is 0. The van der Waals surface area contributed by atoms with Gasteiger partial charge in [0.25, 0.3) is 0 Å². The molecule has 1 aromatic carbocycles. The maximum atomic E-state index is 13.1. The van der Waals surface area contributed by atoms with E-state index >= 15 is 0 Å². The quantitative estimate of drug-likeness (QED) is 0.587. The van der Waals surface area contributed by atoms with E-state index in [4.69, 9.17) is 4.74 Å². The zero-order valence-electron chi connectivity index (χ0n) is 9.33. The molecule has 0 aliphatic carbocycles. The zero-order valence-corrected chi connectivity index (χ0v) is 9.33. The molecule has 0 N–H and O–H groups in total.